The van der Waals surface area contributed by atoms with Gasteiger partial charge in [-0.2, -0.15) is 0 Å². The Bertz CT molecular complexity index is 353. The number of hydrogen-bond acceptors (Lipinski definition) is 5. The highest BCUT2D eigenvalue weighted by Gasteiger charge is 2.11. The summed E-state index contributed by atoms with van der Waals surface area (Å²) in [6.45, 7) is 0. The van der Waals surface area contributed by atoms with Crippen LogP contribution in [0.1, 0.15) is 12.0 Å². The number of ether oxygens (including phenoxy) is 1. The van der Waals surface area contributed by atoms with Crippen LogP contribution in [0.4, 0.5) is 0 Å². The zero-order valence-electron chi connectivity index (χ0n) is 8.92. The molecule has 0 unspecified atom stereocenters. The number of methoxy groups -OCH3 is 1. The summed E-state index contributed by atoms with van der Waals surface area (Å²) < 4.78 is 9.20. The first-order valence-electron chi connectivity index (χ1n) is 4.80. The lowest BCUT2D eigenvalue weighted by Crippen LogP contribution is -2.20. The molecule has 0 spiro atoms. The quantitative estimate of drug-likeness (QED) is 0.549. The smallest absolute Gasteiger partial charge is 0.512 e. The van der Waals surface area contributed by atoms with E-state index in [-0.39, 0.29) is 12.4 Å². The number of esters is 1. The van der Waals surface area contributed by atoms with Gasteiger partial charge in [-0.1, -0.05) is 12.1 Å². The van der Waals surface area contributed by atoms with E-state index in [9.17, 15) is 4.79 Å². The van der Waals surface area contributed by atoms with Gasteiger partial charge in [-0.25, -0.2) is 0 Å². The molecule has 0 aliphatic carbocycles. The predicted molar refractivity (Wildman–Crippen MR) is 57.6 cm³/mol. The third kappa shape index (κ3) is 4.33. The van der Waals surface area contributed by atoms with Crippen LogP contribution >= 0.6 is 0 Å². The molecule has 0 aliphatic rings. The minimum atomic E-state index is -1.84. The second-order valence-corrected chi connectivity index (χ2v) is 3.17. The Hall–Kier alpha value is -1.53. The van der Waals surface area contributed by atoms with Crippen molar-refractivity contribution in [1.82, 2.24) is 0 Å². The maximum absolute atomic E-state index is 10.9. The van der Waals surface area contributed by atoms with Crippen LogP contribution in [0.3, 0.4) is 0 Å². The molecule has 6 heteroatoms. The number of rotatable bonds is 5. The van der Waals surface area contributed by atoms with Crippen LogP contribution in [0.15, 0.2) is 24.3 Å². The number of hydrogen-bond donors (Lipinski definition) is 2. The second-order valence-electron chi connectivity index (χ2n) is 3.17. The molecule has 86 valence electrons. The molecule has 16 heavy (non-hydrogen) atoms. The van der Waals surface area contributed by atoms with Gasteiger partial charge in [0.25, 0.3) is 0 Å². The maximum Gasteiger partial charge on any atom is 0.707 e. The summed E-state index contributed by atoms with van der Waals surface area (Å²) in [7, 11) is -0.500. The molecular weight excluding hydrogens is 211 g/mol. The van der Waals surface area contributed by atoms with Gasteiger partial charge in [-0.3, -0.25) is 4.79 Å². The lowest BCUT2D eigenvalue weighted by molar-refractivity contribution is -0.140. The van der Waals surface area contributed by atoms with Crippen molar-refractivity contribution in [2.24, 2.45) is 0 Å². The molecule has 0 saturated heterocycles. The van der Waals surface area contributed by atoms with Crippen molar-refractivity contribution < 1.29 is 24.2 Å². The summed E-state index contributed by atoms with van der Waals surface area (Å²) in [5.74, 6) is 0.0610. The van der Waals surface area contributed by atoms with Gasteiger partial charge in [-0.05, 0) is 24.1 Å². The van der Waals surface area contributed by atoms with Crippen molar-refractivity contribution in [3.63, 3.8) is 0 Å². The summed E-state index contributed by atoms with van der Waals surface area (Å²) in [6.07, 6.45) is 0.799. The van der Waals surface area contributed by atoms with E-state index >= 15 is 0 Å². The van der Waals surface area contributed by atoms with Crippen molar-refractivity contribution in [3.8, 4) is 5.75 Å². The van der Waals surface area contributed by atoms with E-state index in [1.165, 1.54) is 7.11 Å². The van der Waals surface area contributed by atoms with Crippen LogP contribution in [-0.2, 0) is 16.0 Å². The van der Waals surface area contributed by atoms with Crippen LogP contribution < -0.4 is 4.65 Å². The van der Waals surface area contributed by atoms with Gasteiger partial charge < -0.3 is 19.4 Å². The zero-order chi connectivity index (χ0) is 12.0. The molecule has 1 aromatic carbocycles. The first kappa shape index (κ1) is 12.5. The standard InChI is InChI=1S/C10H13BO5/c1-15-10(12)6-5-8-3-2-4-9(7-8)16-11(13)14/h2-4,7,13-14H,5-6H2,1H3. The summed E-state index contributed by atoms with van der Waals surface area (Å²) in [6, 6.07) is 6.77. The zero-order valence-corrected chi connectivity index (χ0v) is 8.92. The second kappa shape index (κ2) is 6.14. The Labute approximate surface area is 93.8 Å². The van der Waals surface area contributed by atoms with Crippen molar-refractivity contribution in [1.29, 1.82) is 0 Å². The topological polar surface area (TPSA) is 76.0 Å². The molecular formula is C10H13BO5. The monoisotopic (exact) mass is 224 g/mol. The van der Waals surface area contributed by atoms with E-state index in [0.29, 0.717) is 12.2 Å². The molecule has 0 saturated carbocycles. The first-order chi connectivity index (χ1) is 7.61. The molecule has 0 atom stereocenters. The highest BCUT2D eigenvalue weighted by Crippen LogP contribution is 2.14. The Morgan fingerprint density at radius 3 is 2.81 bits per heavy atom. The predicted octanol–water partition coefficient (Wildman–Crippen LogP) is 0.140. The van der Waals surface area contributed by atoms with Crippen LogP contribution in [0.5, 0.6) is 5.75 Å². The van der Waals surface area contributed by atoms with Gasteiger partial charge in [0.05, 0.1) is 7.11 Å². The van der Waals surface area contributed by atoms with Crippen LogP contribution in [0.2, 0.25) is 0 Å². The fourth-order valence-corrected chi connectivity index (χ4v) is 1.24. The SMILES string of the molecule is COC(=O)CCc1cccc(OB(O)O)c1. The molecule has 0 fully saturated rings. The number of carbonyl (C=O) groups is 1. The Morgan fingerprint density at radius 2 is 2.19 bits per heavy atom. The van der Waals surface area contributed by atoms with Gasteiger partial charge in [0.15, 0.2) is 0 Å². The minimum Gasteiger partial charge on any atom is -0.512 e. The average Bonchev–Trinajstić information content (AvgIpc) is 2.25. The van der Waals surface area contributed by atoms with Crippen molar-refractivity contribution >= 4 is 13.3 Å². The van der Waals surface area contributed by atoms with Crippen LogP contribution in [0, 0.1) is 0 Å². The number of benzene rings is 1. The lowest BCUT2D eigenvalue weighted by Gasteiger charge is -2.06. The van der Waals surface area contributed by atoms with E-state index in [0.717, 1.165) is 5.56 Å². The van der Waals surface area contributed by atoms with Gasteiger partial charge in [0.1, 0.15) is 5.75 Å². The van der Waals surface area contributed by atoms with Crippen molar-refractivity contribution in [3.05, 3.63) is 29.8 Å². The Morgan fingerprint density at radius 1 is 1.44 bits per heavy atom. The van der Waals surface area contributed by atoms with Gasteiger partial charge in [0, 0.05) is 6.42 Å². The number of carbonyl (C=O) groups excluding carboxylic acids is 1. The normalized spacial score (nSPS) is 9.69. The largest absolute Gasteiger partial charge is 0.707 e. The molecule has 0 aliphatic heterocycles. The molecule has 0 amide bonds. The highest BCUT2D eigenvalue weighted by molar-refractivity contribution is 6.33. The Kier molecular flexibility index (Phi) is 4.82. The van der Waals surface area contributed by atoms with E-state index in [4.69, 9.17) is 10.0 Å². The molecule has 0 heterocycles. The highest BCUT2D eigenvalue weighted by atomic mass is 16.6. The summed E-state index contributed by atoms with van der Waals surface area (Å²) in [5.41, 5.74) is 0.864. The molecule has 1 rings (SSSR count). The summed E-state index contributed by atoms with van der Waals surface area (Å²) in [4.78, 5) is 10.9. The molecule has 1 aromatic rings. The summed E-state index contributed by atoms with van der Waals surface area (Å²) >= 11 is 0. The molecule has 2 N–H and O–H groups in total. The van der Waals surface area contributed by atoms with Crippen LogP contribution in [-0.4, -0.2) is 30.4 Å². The van der Waals surface area contributed by atoms with Gasteiger partial charge in [0.2, 0.25) is 0 Å². The molecule has 0 aromatic heterocycles. The molecule has 5 nitrogen and oxygen atoms in total. The van der Waals surface area contributed by atoms with E-state index in [1.54, 1.807) is 18.2 Å². The lowest BCUT2D eigenvalue weighted by atomic mass is 10.1. The maximum atomic E-state index is 10.9. The van der Waals surface area contributed by atoms with E-state index in [1.807, 2.05) is 6.07 Å². The minimum absolute atomic E-state index is 0.279. The fourth-order valence-electron chi connectivity index (χ4n) is 1.24. The number of aryl methyl sites for hydroxylation is 1. The van der Waals surface area contributed by atoms with Crippen molar-refractivity contribution in [2.75, 3.05) is 7.11 Å². The van der Waals surface area contributed by atoms with E-state index in [2.05, 4.69) is 9.39 Å². The van der Waals surface area contributed by atoms with Crippen molar-refractivity contribution in [2.45, 2.75) is 12.8 Å². The Balaban J connectivity index is 2.56. The van der Waals surface area contributed by atoms with Gasteiger partial charge in [-0.15, -0.1) is 0 Å². The molecule has 0 radical (unpaired) electrons. The third-order valence-corrected chi connectivity index (χ3v) is 1.99. The van der Waals surface area contributed by atoms with E-state index < -0.39 is 7.32 Å². The average molecular weight is 224 g/mol. The molecule has 0 bridgehead atoms. The third-order valence-electron chi connectivity index (χ3n) is 1.99. The summed E-state index contributed by atoms with van der Waals surface area (Å²) in [5, 5.41) is 17.2. The fraction of sp³-hybridized carbons (Fsp3) is 0.300. The first-order valence-corrected chi connectivity index (χ1v) is 4.80. The van der Waals surface area contributed by atoms with Gasteiger partial charge >= 0.3 is 13.3 Å². The van der Waals surface area contributed by atoms with Crippen LogP contribution in [0.25, 0.3) is 0 Å².